The van der Waals surface area contributed by atoms with E-state index in [1.54, 1.807) is 58.9 Å². The number of amides is 2. The molecule has 2 aliphatic rings. The molecule has 0 spiro atoms. The summed E-state index contributed by atoms with van der Waals surface area (Å²) in [4.78, 5) is 58.1. The number of rotatable bonds is 10. The number of benzene rings is 1. The molecule has 0 radical (unpaired) electrons. The number of nitrogens with zero attached hydrogens (tertiary/aromatic N) is 2. The fraction of sp³-hybridized carbons (Fsp3) is 0.714. The van der Waals surface area contributed by atoms with Crippen molar-refractivity contribution in [2.75, 3.05) is 20.8 Å². The maximum absolute atomic E-state index is 14.2. The van der Waals surface area contributed by atoms with Gasteiger partial charge < -0.3 is 33.2 Å². The van der Waals surface area contributed by atoms with Crippen LogP contribution in [0.25, 0.3) is 0 Å². The van der Waals surface area contributed by atoms with Gasteiger partial charge in [-0.25, -0.2) is 19.2 Å². The second-order valence-corrected chi connectivity index (χ2v) is 20.6. The van der Waals surface area contributed by atoms with Gasteiger partial charge in [0.1, 0.15) is 24.0 Å². The van der Waals surface area contributed by atoms with Gasteiger partial charge >= 0.3 is 24.1 Å². The molecule has 14 heteroatoms. The molecule has 1 aromatic rings. The van der Waals surface area contributed by atoms with E-state index < -0.39 is 73.6 Å². The maximum Gasteiger partial charge on any atom is 0.413 e. The van der Waals surface area contributed by atoms with Gasteiger partial charge in [0.15, 0.2) is 19.9 Å². The molecule has 1 N–H and O–H groups in total. The zero-order chi connectivity index (χ0) is 37.2. The van der Waals surface area contributed by atoms with Crippen molar-refractivity contribution in [2.24, 2.45) is 0 Å². The Balaban J connectivity index is 2.08. The van der Waals surface area contributed by atoms with Crippen LogP contribution in [0.1, 0.15) is 80.2 Å². The van der Waals surface area contributed by atoms with E-state index in [1.807, 2.05) is 6.07 Å². The Hall–Kier alpha value is -3.20. The van der Waals surface area contributed by atoms with E-state index in [1.165, 1.54) is 12.0 Å². The molecule has 3 rings (SSSR count). The highest BCUT2D eigenvalue weighted by molar-refractivity contribution is 6.74. The number of methoxy groups -OCH3 is 2. The summed E-state index contributed by atoms with van der Waals surface area (Å²) in [7, 11) is 0.113. The first-order valence-corrected chi connectivity index (χ1v) is 19.6. The molecular formula is C35H56N2O11Si. The predicted molar refractivity (Wildman–Crippen MR) is 183 cm³/mol. The van der Waals surface area contributed by atoms with E-state index >= 15 is 0 Å². The summed E-state index contributed by atoms with van der Waals surface area (Å²) in [6, 6.07) is 6.73. The van der Waals surface area contributed by atoms with Crippen molar-refractivity contribution in [3.05, 3.63) is 35.9 Å². The molecule has 0 aromatic heterocycles. The average molecular weight is 709 g/mol. The Morgan fingerprint density at radius 1 is 0.980 bits per heavy atom. The van der Waals surface area contributed by atoms with Crippen LogP contribution in [0.5, 0.6) is 0 Å². The molecule has 0 bridgehead atoms. The van der Waals surface area contributed by atoms with Gasteiger partial charge in [-0.3, -0.25) is 9.80 Å². The number of aliphatic hydroxyl groups excluding tert-OH is 1. The molecule has 1 aromatic carbocycles. The summed E-state index contributed by atoms with van der Waals surface area (Å²) in [5.74, 6) is -1.76. The minimum Gasteiger partial charge on any atom is -0.467 e. The highest BCUT2D eigenvalue weighted by Crippen LogP contribution is 2.48. The fourth-order valence-corrected chi connectivity index (χ4v) is 7.26. The molecule has 2 heterocycles. The number of carbonyl (C=O) groups is 4. The van der Waals surface area contributed by atoms with Crippen molar-refractivity contribution in [1.82, 2.24) is 9.80 Å². The van der Waals surface area contributed by atoms with Gasteiger partial charge in [0.25, 0.3) is 0 Å². The third-order valence-electron chi connectivity index (χ3n) is 9.65. The van der Waals surface area contributed by atoms with Crippen LogP contribution < -0.4 is 0 Å². The molecule has 2 aliphatic heterocycles. The quantitative estimate of drug-likeness (QED) is 0.189. The lowest BCUT2D eigenvalue weighted by atomic mass is 9.84. The van der Waals surface area contributed by atoms with Crippen LogP contribution in [0.2, 0.25) is 18.1 Å². The summed E-state index contributed by atoms with van der Waals surface area (Å²) in [6.45, 7) is 18.6. The zero-order valence-corrected chi connectivity index (χ0v) is 32.2. The molecule has 2 amide bonds. The zero-order valence-electron chi connectivity index (χ0n) is 31.2. The van der Waals surface area contributed by atoms with Gasteiger partial charge in [0.05, 0.1) is 26.9 Å². The molecule has 49 heavy (non-hydrogen) atoms. The summed E-state index contributed by atoms with van der Waals surface area (Å²) >= 11 is 0. The predicted octanol–water partition coefficient (Wildman–Crippen LogP) is 5.39. The molecule has 0 saturated carbocycles. The third-order valence-corrected chi connectivity index (χ3v) is 14.1. The van der Waals surface area contributed by atoms with Crippen molar-refractivity contribution < 1.29 is 52.4 Å². The van der Waals surface area contributed by atoms with Gasteiger partial charge in [-0.1, -0.05) is 51.1 Å². The van der Waals surface area contributed by atoms with E-state index in [-0.39, 0.29) is 37.5 Å². The van der Waals surface area contributed by atoms with Crippen molar-refractivity contribution in [2.45, 2.75) is 141 Å². The van der Waals surface area contributed by atoms with Crippen molar-refractivity contribution in [1.29, 1.82) is 0 Å². The van der Waals surface area contributed by atoms with Crippen LogP contribution in [0.4, 0.5) is 9.59 Å². The minimum absolute atomic E-state index is 0.0269. The van der Waals surface area contributed by atoms with Gasteiger partial charge in [-0.15, -0.1) is 0 Å². The molecule has 0 aliphatic carbocycles. The lowest BCUT2D eigenvalue weighted by Crippen LogP contribution is -2.67. The average Bonchev–Trinajstić information content (AvgIpc) is 3.52. The van der Waals surface area contributed by atoms with Gasteiger partial charge in [0.2, 0.25) is 0 Å². The highest BCUT2D eigenvalue weighted by Gasteiger charge is 2.70. The molecule has 276 valence electrons. The van der Waals surface area contributed by atoms with Crippen LogP contribution in [-0.4, -0.2) is 109 Å². The number of hydrogen-bond acceptors (Lipinski definition) is 11. The van der Waals surface area contributed by atoms with Gasteiger partial charge in [0, 0.05) is 6.04 Å². The van der Waals surface area contributed by atoms with Crippen LogP contribution in [0.15, 0.2) is 30.3 Å². The SMILES string of the molecule is COC(=O)[C@H]1[C@@H]([C@@]2(C(=O)OC)CC[C@H](CC(O)CO[Si](C)(C)C(C)(C)C)N2C(=O)OC(C)(C)C)OC(C)(C)N1C(=O)OCc1ccccc1. The topological polar surface area (TPSA) is 150 Å². The molecule has 2 saturated heterocycles. The van der Waals surface area contributed by atoms with Crippen LogP contribution in [-0.2, 0) is 44.3 Å². The summed E-state index contributed by atoms with van der Waals surface area (Å²) < 4.78 is 34.7. The number of esters is 2. The largest absolute Gasteiger partial charge is 0.467 e. The van der Waals surface area contributed by atoms with E-state index in [4.69, 9.17) is 28.1 Å². The maximum atomic E-state index is 14.2. The normalized spacial score (nSPS) is 24.7. The van der Waals surface area contributed by atoms with E-state index in [0.29, 0.717) is 0 Å². The Morgan fingerprint density at radius 2 is 1.59 bits per heavy atom. The second-order valence-electron chi connectivity index (χ2n) is 15.8. The van der Waals surface area contributed by atoms with Crippen LogP contribution in [0, 0.1) is 0 Å². The second kappa shape index (κ2) is 15.0. The van der Waals surface area contributed by atoms with E-state index in [2.05, 4.69) is 33.9 Å². The third kappa shape index (κ3) is 8.76. The smallest absolute Gasteiger partial charge is 0.413 e. The Bertz CT molecular complexity index is 1340. The lowest BCUT2D eigenvalue weighted by molar-refractivity contribution is -0.171. The monoisotopic (exact) mass is 708 g/mol. The van der Waals surface area contributed by atoms with Crippen molar-refractivity contribution in [3.63, 3.8) is 0 Å². The van der Waals surface area contributed by atoms with Crippen LogP contribution >= 0.6 is 0 Å². The minimum atomic E-state index is -2.22. The molecule has 2 fully saturated rings. The molecule has 1 unspecified atom stereocenters. The summed E-state index contributed by atoms with van der Waals surface area (Å²) in [6.07, 6.45) is -3.99. The Morgan fingerprint density at radius 3 is 2.12 bits per heavy atom. The standard InChI is InChI=1S/C35H56N2O11Si/c1-32(2,3)48-31(42)36-24(20-25(38)22-46-49(11,12)33(4,5)6)18-19-35(36,29(40)44-10)27-26(28(39)43-9)37(34(7,8)47-27)30(41)45-21-23-16-14-13-15-17-23/h13-17,24-27,38H,18-22H2,1-12H3/t24-,25?,26-,27+,35-/m1/s1. The highest BCUT2D eigenvalue weighted by atomic mass is 28.4. The lowest BCUT2D eigenvalue weighted by Gasteiger charge is -2.43. The summed E-state index contributed by atoms with van der Waals surface area (Å²) in [5, 5.41) is 11.2. The molecule has 13 nitrogen and oxygen atoms in total. The van der Waals surface area contributed by atoms with Crippen molar-refractivity contribution >= 4 is 32.4 Å². The Kier molecular flexibility index (Phi) is 12.3. The first kappa shape index (κ1) is 40.2. The number of aliphatic hydroxyl groups is 1. The number of likely N-dealkylation sites (tertiary alicyclic amines) is 1. The number of ether oxygens (including phenoxy) is 5. The van der Waals surface area contributed by atoms with E-state index in [9.17, 15) is 24.3 Å². The van der Waals surface area contributed by atoms with E-state index in [0.717, 1.165) is 17.6 Å². The first-order chi connectivity index (χ1) is 22.5. The number of hydrogen-bond donors (Lipinski definition) is 1. The van der Waals surface area contributed by atoms with Crippen LogP contribution in [0.3, 0.4) is 0 Å². The molecular weight excluding hydrogens is 652 g/mol. The molecule has 5 atom stereocenters. The fourth-order valence-electron chi connectivity index (χ4n) is 6.22. The Labute approximate surface area is 291 Å². The van der Waals surface area contributed by atoms with Crippen molar-refractivity contribution in [3.8, 4) is 0 Å². The number of carbonyl (C=O) groups excluding carboxylic acids is 4. The van der Waals surface area contributed by atoms with Gasteiger partial charge in [-0.2, -0.15) is 0 Å². The summed E-state index contributed by atoms with van der Waals surface area (Å²) in [5.41, 5.74) is -3.73. The first-order valence-electron chi connectivity index (χ1n) is 16.7. The van der Waals surface area contributed by atoms with Gasteiger partial charge in [-0.05, 0) is 77.6 Å².